The molecule has 1 N–H and O–H groups in total. The minimum atomic E-state index is -0.0853. The zero-order valence-electron chi connectivity index (χ0n) is 12.6. The van der Waals surface area contributed by atoms with Crippen molar-refractivity contribution in [2.45, 2.75) is 6.04 Å². The Balaban J connectivity index is 1.93. The van der Waals surface area contributed by atoms with E-state index in [4.69, 9.17) is 0 Å². The molecule has 1 amide bonds. The largest absolute Gasteiger partial charge is 0.351 e. The molecular formula is C17H19BrN2OS. The molecule has 2 aromatic rings. The summed E-state index contributed by atoms with van der Waals surface area (Å²) >= 11 is 5.14. The number of carbonyl (C=O) groups is 1. The van der Waals surface area contributed by atoms with Crippen LogP contribution in [0.1, 0.15) is 17.2 Å². The zero-order chi connectivity index (χ0) is 15.9. The molecule has 1 aromatic carbocycles. The van der Waals surface area contributed by atoms with Gasteiger partial charge in [0, 0.05) is 17.1 Å². The van der Waals surface area contributed by atoms with E-state index in [0.29, 0.717) is 6.54 Å². The lowest BCUT2D eigenvalue weighted by Crippen LogP contribution is -2.33. The monoisotopic (exact) mass is 378 g/mol. The maximum Gasteiger partial charge on any atom is 0.244 e. The molecule has 1 heterocycles. The van der Waals surface area contributed by atoms with E-state index >= 15 is 0 Å². The first kappa shape index (κ1) is 16.9. The number of thiophene rings is 1. The molecule has 0 aliphatic heterocycles. The Kier molecular flexibility index (Phi) is 6.36. The van der Waals surface area contributed by atoms with Gasteiger partial charge in [0.15, 0.2) is 0 Å². The third kappa shape index (κ3) is 4.80. The molecule has 0 aliphatic rings. The summed E-state index contributed by atoms with van der Waals surface area (Å²) in [5.41, 5.74) is 2.21. The van der Waals surface area contributed by atoms with Crippen molar-refractivity contribution >= 4 is 39.2 Å². The Labute approximate surface area is 143 Å². The number of hydrogen-bond acceptors (Lipinski definition) is 3. The maximum absolute atomic E-state index is 12.0. The predicted molar refractivity (Wildman–Crippen MR) is 96.9 cm³/mol. The van der Waals surface area contributed by atoms with E-state index in [9.17, 15) is 4.79 Å². The third-order valence-electron chi connectivity index (χ3n) is 3.34. The second-order valence-corrected chi connectivity index (χ2v) is 6.77. The topological polar surface area (TPSA) is 32.3 Å². The Morgan fingerprint density at radius 1 is 1.36 bits per heavy atom. The number of nitrogens with one attached hydrogen (secondary N) is 1. The van der Waals surface area contributed by atoms with Crippen LogP contribution < -0.4 is 5.32 Å². The van der Waals surface area contributed by atoms with Crippen LogP contribution in [0.25, 0.3) is 6.08 Å². The SMILES string of the molecule is CN(C)C(CNC(=O)C=Cc1ccccc1Br)c1ccsc1. The molecular weight excluding hydrogens is 360 g/mol. The number of hydrogen-bond donors (Lipinski definition) is 1. The van der Waals surface area contributed by atoms with Gasteiger partial charge in [0.1, 0.15) is 0 Å². The van der Waals surface area contributed by atoms with Crippen molar-refractivity contribution in [3.63, 3.8) is 0 Å². The van der Waals surface area contributed by atoms with Crippen molar-refractivity contribution in [1.29, 1.82) is 0 Å². The molecule has 1 aromatic heterocycles. The first-order valence-corrected chi connectivity index (χ1v) is 8.70. The van der Waals surface area contributed by atoms with Gasteiger partial charge in [0.25, 0.3) is 0 Å². The Morgan fingerprint density at radius 3 is 2.77 bits per heavy atom. The van der Waals surface area contributed by atoms with E-state index in [2.05, 4.69) is 43.0 Å². The normalized spacial score (nSPS) is 12.7. The van der Waals surface area contributed by atoms with Crippen LogP contribution in [0.3, 0.4) is 0 Å². The standard InChI is InChI=1S/C17H19BrN2OS/c1-20(2)16(14-9-10-22-12-14)11-19-17(21)8-7-13-5-3-4-6-15(13)18/h3-10,12,16H,11H2,1-2H3,(H,19,21). The van der Waals surface area contributed by atoms with Gasteiger partial charge in [-0.25, -0.2) is 0 Å². The van der Waals surface area contributed by atoms with Gasteiger partial charge >= 0.3 is 0 Å². The fraction of sp³-hybridized carbons (Fsp3) is 0.235. The van der Waals surface area contributed by atoms with E-state index in [1.54, 1.807) is 17.4 Å². The minimum absolute atomic E-state index is 0.0853. The molecule has 0 saturated heterocycles. The molecule has 22 heavy (non-hydrogen) atoms. The highest BCUT2D eigenvalue weighted by atomic mass is 79.9. The molecule has 5 heteroatoms. The molecule has 0 saturated carbocycles. The van der Waals surface area contributed by atoms with Crippen LogP contribution in [0, 0.1) is 0 Å². The molecule has 0 bridgehead atoms. The van der Waals surface area contributed by atoms with Crippen LogP contribution in [0.5, 0.6) is 0 Å². The van der Waals surface area contributed by atoms with E-state index in [1.165, 1.54) is 5.56 Å². The highest BCUT2D eigenvalue weighted by Crippen LogP contribution is 2.20. The van der Waals surface area contributed by atoms with Crippen LogP contribution >= 0.6 is 27.3 Å². The molecule has 1 atom stereocenters. The van der Waals surface area contributed by atoms with Crippen molar-refractivity contribution in [3.8, 4) is 0 Å². The van der Waals surface area contributed by atoms with Gasteiger partial charge in [-0.15, -0.1) is 0 Å². The summed E-state index contributed by atoms with van der Waals surface area (Å²) in [7, 11) is 4.04. The first-order valence-electron chi connectivity index (χ1n) is 6.97. The molecule has 0 spiro atoms. The number of halogens is 1. The third-order valence-corrected chi connectivity index (χ3v) is 4.76. The van der Waals surface area contributed by atoms with E-state index in [-0.39, 0.29) is 11.9 Å². The van der Waals surface area contributed by atoms with Crippen molar-refractivity contribution in [2.24, 2.45) is 0 Å². The summed E-state index contributed by atoms with van der Waals surface area (Å²) in [6, 6.07) is 10.1. The van der Waals surface area contributed by atoms with Gasteiger partial charge in [-0.05, 0) is 54.2 Å². The molecule has 0 radical (unpaired) electrons. The van der Waals surface area contributed by atoms with E-state index in [1.807, 2.05) is 44.4 Å². The number of likely N-dealkylation sites (N-methyl/N-ethyl adjacent to an activating group) is 1. The fourth-order valence-electron chi connectivity index (χ4n) is 2.10. The van der Waals surface area contributed by atoms with E-state index in [0.717, 1.165) is 10.0 Å². The second-order valence-electron chi connectivity index (χ2n) is 5.14. The van der Waals surface area contributed by atoms with Crippen LogP contribution in [0.4, 0.5) is 0 Å². The van der Waals surface area contributed by atoms with Crippen LogP contribution in [0.2, 0.25) is 0 Å². The van der Waals surface area contributed by atoms with Gasteiger partial charge < -0.3 is 10.2 Å². The van der Waals surface area contributed by atoms with Crippen molar-refractivity contribution in [1.82, 2.24) is 10.2 Å². The zero-order valence-corrected chi connectivity index (χ0v) is 15.0. The summed E-state index contributed by atoms with van der Waals surface area (Å²) in [5, 5.41) is 7.14. The van der Waals surface area contributed by atoms with Crippen LogP contribution in [0.15, 0.2) is 51.6 Å². The Morgan fingerprint density at radius 2 is 2.14 bits per heavy atom. The van der Waals surface area contributed by atoms with Gasteiger partial charge in [0.05, 0.1) is 6.04 Å². The van der Waals surface area contributed by atoms with Crippen LogP contribution in [-0.2, 0) is 4.79 Å². The quantitative estimate of drug-likeness (QED) is 0.771. The first-order chi connectivity index (χ1) is 10.6. The lowest BCUT2D eigenvalue weighted by atomic mass is 10.1. The highest BCUT2D eigenvalue weighted by Gasteiger charge is 2.14. The summed E-state index contributed by atoms with van der Waals surface area (Å²) in [4.78, 5) is 14.1. The smallest absolute Gasteiger partial charge is 0.244 e. The average molecular weight is 379 g/mol. The number of benzene rings is 1. The summed E-state index contributed by atoms with van der Waals surface area (Å²) in [6.45, 7) is 0.586. The minimum Gasteiger partial charge on any atom is -0.351 e. The number of carbonyl (C=O) groups excluding carboxylic acids is 1. The Bertz CT molecular complexity index is 638. The fourth-order valence-corrected chi connectivity index (χ4v) is 3.22. The molecule has 2 rings (SSSR count). The second kappa shape index (κ2) is 8.27. The van der Waals surface area contributed by atoms with Crippen LogP contribution in [-0.4, -0.2) is 31.4 Å². The summed E-state index contributed by atoms with van der Waals surface area (Å²) in [6.07, 6.45) is 3.38. The summed E-state index contributed by atoms with van der Waals surface area (Å²) in [5.74, 6) is -0.0853. The number of nitrogens with zero attached hydrogens (tertiary/aromatic N) is 1. The van der Waals surface area contributed by atoms with Gasteiger partial charge in [-0.2, -0.15) is 11.3 Å². The lowest BCUT2D eigenvalue weighted by Gasteiger charge is -2.23. The van der Waals surface area contributed by atoms with Crippen molar-refractivity contribution in [3.05, 3.63) is 62.8 Å². The summed E-state index contributed by atoms with van der Waals surface area (Å²) < 4.78 is 0.975. The Hall–Kier alpha value is -1.43. The van der Waals surface area contributed by atoms with Crippen molar-refractivity contribution < 1.29 is 4.79 Å². The predicted octanol–water partition coefficient (Wildman–Crippen LogP) is 3.94. The van der Waals surface area contributed by atoms with Gasteiger partial charge in [0.2, 0.25) is 5.91 Å². The average Bonchev–Trinajstić information content (AvgIpc) is 3.00. The highest BCUT2D eigenvalue weighted by molar-refractivity contribution is 9.10. The number of amides is 1. The van der Waals surface area contributed by atoms with E-state index < -0.39 is 0 Å². The molecule has 0 aliphatic carbocycles. The molecule has 3 nitrogen and oxygen atoms in total. The molecule has 0 fully saturated rings. The lowest BCUT2D eigenvalue weighted by molar-refractivity contribution is -0.116. The number of rotatable bonds is 6. The molecule has 1 unspecified atom stereocenters. The molecule has 116 valence electrons. The van der Waals surface area contributed by atoms with Gasteiger partial charge in [-0.1, -0.05) is 34.1 Å². The van der Waals surface area contributed by atoms with Gasteiger partial charge in [-0.3, -0.25) is 4.79 Å². The maximum atomic E-state index is 12.0. The van der Waals surface area contributed by atoms with Crippen molar-refractivity contribution in [2.75, 3.05) is 20.6 Å².